The molecular formula is C16H19N2O+. The molecule has 1 amide bonds. The van der Waals surface area contributed by atoms with Gasteiger partial charge in [-0.3, -0.25) is 4.79 Å². The molecule has 0 radical (unpaired) electrons. The summed E-state index contributed by atoms with van der Waals surface area (Å²) in [6.45, 7) is 5.94. The summed E-state index contributed by atoms with van der Waals surface area (Å²) in [5, 5.41) is 2.92. The van der Waals surface area contributed by atoms with Crippen LogP contribution >= 0.6 is 0 Å². The number of hydrogen-bond donors (Lipinski definition) is 1. The molecule has 0 aliphatic carbocycles. The van der Waals surface area contributed by atoms with Gasteiger partial charge < -0.3 is 5.32 Å². The molecule has 0 saturated heterocycles. The first-order valence-electron chi connectivity index (χ1n) is 6.41. The maximum Gasteiger partial charge on any atom is 0.293 e. The smallest absolute Gasteiger partial charge is 0.293 e. The Balaban J connectivity index is 2.07. The van der Waals surface area contributed by atoms with E-state index in [1.807, 2.05) is 74.1 Å². The van der Waals surface area contributed by atoms with E-state index >= 15 is 0 Å². The minimum absolute atomic E-state index is 0.0160. The van der Waals surface area contributed by atoms with E-state index in [4.69, 9.17) is 0 Å². The second-order valence-corrected chi connectivity index (χ2v) is 4.85. The van der Waals surface area contributed by atoms with Crippen LogP contribution in [0.4, 0.5) is 5.69 Å². The number of pyridine rings is 1. The molecule has 1 aromatic heterocycles. The Kier molecular flexibility index (Phi) is 3.95. The number of rotatable bonds is 3. The van der Waals surface area contributed by atoms with Crippen molar-refractivity contribution in [3.8, 4) is 0 Å². The SMILES string of the molecule is Cc1ccc(NC(=O)[C@H](C)[n+]2ccc(C)cc2)cc1. The lowest BCUT2D eigenvalue weighted by molar-refractivity contribution is -0.705. The van der Waals surface area contributed by atoms with Crippen molar-refractivity contribution in [1.29, 1.82) is 0 Å². The molecule has 0 saturated carbocycles. The lowest BCUT2D eigenvalue weighted by atomic mass is 10.2. The van der Waals surface area contributed by atoms with E-state index in [-0.39, 0.29) is 11.9 Å². The minimum Gasteiger partial charge on any atom is -0.320 e. The molecule has 0 fully saturated rings. The summed E-state index contributed by atoms with van der Waals surface area (Å²) in [5.41, 5.74) is 3.19. The molecule has 1 atom stereocenters. The number of nitrogens with one attached hydrogen (secondary N) is 1. The van der Waals surface area contributed by atoms with Gasteiger partial charge in [-0.1, -0.05) is 17.7 Å². The molecule has 0 bridgehead atoms. The van der Waals surface area contributed by atoms with Crippen molar-refractivity contribution in [1.82, 2.24) is 0 Å². The van der Waals surface area contributed by atoms with Crippen LogP contribution in [-0.4, -0.2) is 5.91 Å². The summed E-state index contributed by atoms with van der Waals surface area (Å²) in [5.74, 6) is -0.0160. The van der Waals surface area contributed by atoms with Crippen molar-refractivity contribution in [3.05, 3.63) is 59.9 Å². The van der Waals surface area contributed by atoms with Gasteiger partial charge in [-0.25, -0.2) is 0 Å². The standard InChI is InChI=1S/C16H18N2O/c1-12-4-6-15(7-5-12)17-16(19)14(3)18-10-8-13(2)9-11-18/h4-11,14H,1-3H3/p+1/t14-/m0/s1. The summed E-state index contributed by atoms with van der Waals surface area (Å²) in [7, 11) is 0. The molecule has 3 heteroatoms. The number of nitrogens with zero attached hydrogens (tertiary/aromatic N) is 1. The summed E-state index contributed by atoms with van der Waals surface area (Å²) < 4.78 is 1.90. The fourth-order valence-electron chi connectivity index (χ4n) is 1.79. The average Bonchev–Trinajstić information content (AvgIpc) is 2.41. The van der Waals surface area contributed by atoms with Crippen molar-refractivity contribution in [3.63, 3.8) is 0 Å². The van der Waals surface area contributed by atoms with Crippen LogP contribution in [0.25, 0.3) is 0 Å². The molecule has 19 heavy (non-hydrogen) atoms. The van der Waals surface area contributed by atoms with Crippen LogP contribution in [0.3, 0.4) is 0 Å². The zero-order valence-electron chi connectivity index (χ0n) is 11.6. The average molecular weight is 255 g/mol. The van der Waals surface area contributed by atoms with Crippen molar-refractivity contribution in [2.45, 2.75) is 26.8 Å². The maximum atomic E-state index is 12.2. The second-order valence-electron chi connectivity index (χ2n) is 4.85. The van der Waals surface area contributed by atoms with Gasteiger partial charge in [0.25, 0.3) is 5.91 Å². The van der Waals surface area contributed by atoms with Gasteiger partial charge in [0.05, 0.1) is 0 Å². The van der Waals surface area contributed by atoms with Crippen molar-refractivity contribution < 1.29 is 9.36 Å². The number of anilines is 1. The van der Waals surface area contributed by atoms with Gasteiger partial charge in [0, 0.05) is 24.7 Å². The van der Waals surface area contributed by atoms with Gasteiger partial charge in [0.15, 0.2) is 12.4 Å². The van der Waals surface area contributed by atoms with Gasteiger partial charge in [0.1, 0.15) is 0 Å². The summed E-state index contributed by atoms with van der Waals surface area (Å²) >= 11 is 0. The van der Waals surface area contributed by atoms with Crippen LogP contribution in [0.5, 0.6) is 0 Å². The van der Waals surface area contributed by atoms with Gasteiger partial charge in [-0.05, 0) is 31.5 Å². The first-order chi connectivity index (χ1) is 9.06. The highest BCUT2D eigenvalue weighted by Crippen LogP contribution is 2.10. The minimum atomic E-state index is -0.234. The lowest BCUT2D eigenvalue weighted by Gasteiger charge is -2.09. The van der Waals surface area contributed by atoms with Crippen LogP contribution in [0.15, 0.2) is 48.8 Å². The van der Waals surface area contributed by atoms with E-state index in [9.17, 15) is 4.79 Å². The van der Waals surface area contributed by atoms with Crippen molar-refractivity contribution in [2.75, 3.05) is 5.32 Å². The first kappa shape index (κ1) is 13.3. The van der Waals surface area contributed by atoms with Crippen LogP contribution in [0.2, 0.25) is 0 Å². The Morgan fingerprint density at radius 3 is 2.11 bits per heavy atom. The number of aromatic nitrogens is 1. The highest BCUT2D eigenvalue weighted by Gasteiger charge is 2.21. The molecule has 98 valence electrons. The molecule has 1 aromatic carbocycles. The third kappa shape index (κ3) is 3.41. The van der Waals surface area contributed by atoms with Gasteiger partial charge in [-0.2, -0.15) is 4.57 Å². The van der Waals surface area contributed by atoms with Gasteiger partial charge in [0.2, 0.25) is 6.04 Å². The Morgan fingerprint density at radius 2 is 1.53 bits per heavy atom. The number of carbonyl (C=O) groups is 1. The highest BCUT2D eigenvalue weighted by molar-refractivity contribution is 5.92. The second kappa shape index (κ2) is 5.65. The molecule has 0 unspecified atom stereocenters. The summed E-state index contributed by atoms with van der Waals surface area (Å²) in [6, 6.07) is 11.6. The fraction of sp³-hybridized carbons (Fsp3) is 0.250. The summed E-state index contributed by atoms with van der Waals surface area (Å²) in [6.07, 6.45) is 3.85. The topological polar surface area (TPSA) is 33.0 Å². The lowest BCUT2D eigenvalue weighted by Crippen LogP contribution is -2.43. The Hall–Kier alpha value is -2.16. The summed E-state index contributed by atoms with van der Waals surface area (Å²) in [4.78, 5) is 12.2. The van der Waals surface area contributed by atoms with E-state index in [1.54, 1.807) is 0 Å². The molecule has 0 spiro atoms. The van der Waals surface area contributed by atoms with Crippen LogP contribution in [-0.2, 0) is 4.79 Å². The van der Waals surface area contributed by atoms with E-state index in [1.165, 1.54) is 11.1 Å². The zero-order chi connectivity index (χ0) is 13.8. The zero-order valence-corrected chi connectivity index (χ0v) is 11.6. The first-order valence-corrected chi connectivity index (χ1v) is 6.41. The molecule has 2 aromatic rings. The third-order valence-corrected chi connectivity index (χ3v) is 3.16. The Bertz CT molecular complexity index is 558. The van der Waals surface area contributed by atoms with E-state index < -0.39 is 0 Å². The number of carbonyl (C=O) groups excluding carboxylic acids is 1. The predicted molar refractivity (Wildman–Crippen MR) is 75.9 cm³/mol. The third-order valence-electron chi connectivity index (χ3n) is 3.16. The molecule has 0 aliphatic rings. The molecule has 0 aliphatic heterocycles. The Labute approximate surface area is 113 Å². The normalized spacial score (nSPS) is 11.9. The van der Waals surface area contributed by atoms with Crippen molar-refractivity contribution in [2.24, 2.45) is 0 Å². The van der Waals surface area contributed by atoms with Crippen LogP contribution in [0.1, 0.15) is 24.1 Å². The number of hydrogen-bond acceptors (Lipinski definition) is 1. The van der Waals surface area contributed by atoms with Crippen LogP contribution in [0, 0.1) is 13.8 Å². The predicted octanol–water partition coefficient (Wildman–Crippen LogP) is 2.79. The number of aryl methyl sites for hydroxylation is 2. The van der Waals surface area contributed by atoms with Crippen molar-refractivity contribution >= 4 is 11.6 Å². The van der Waals surface area contributed by atoms with Crippen LogP contribution < -0.4 is 9.88 Å². The number of benzene rings is 1. The van der Waals surface area contributed by atoms with Gasteiger partial charge >= 0.3 is 0 Å². The maximum absolute atomic E-state index is 12.2. The molecule has 2 rings (SSSR count). The fourth-order valence-corrected chi connectivity index (χ4v) is 1.79. The molecular weight excluding hydrogens is 236 g/mol. The largest absolute Gasteiger partial charge is 0.320 e. The number of amides is 1. The van der Waals surface area contributed by atoms with E-state index in [2.05, 4.69) is 5.32 Å². The molecule has 1 heterocycles. The molecule has 3 nitrogen and oxygen atoms in total. The Morgan fingerprint density at radius 1 is 1.00 bits per heavy atom. The molecule has 1 N–H and O–H groups in total. The van der Waals surface area contributed by atoms with E-state index in [0.29, 0.717) is 0 Å². The highest BCUT2D eigenvalue weighted by atomic mass is 16.2. The quantitative estimate of drug-likeness (QED) is 0.841. The van der Waals surface area contributed by atoms with E-state index in [0.717, 1.165) is 5.69 Å². The monoisotopic (exact) mass is 255 g/mol. The van der Waals surface area contributed by atoms with Gasteiger partial charge in [-0.15, -0.1) is 0 Å².